The summed E-state index contributed by atoms with van der Waals surface area (Å²) in [5.41, 5.74) is 6.64. The van der Waals surface area contributed by atoms with Crippen LogP contribution in [0.15, 0.2) is 35.4 Å². The molecule has 0 atom stereocenters. The van der Waals surface area contributed by atoms with Crippen molar-refractivity contribution in [3.8, 4) is 5.75 Å². The van der Waals surface area contributed by atoms with Gasteiger partial charge in [-0.25, -0.2) is 5.43 Å². The number of halogens is 2. The molecule has 0 aliphatic rings. The summed E-state index contributed by atoms with van der Waals surface area (Å²) < 4.78 is 1.50. The van der Waals surface area contributed by atoms with E-state index in [9.17, 15) is 9.90 Å². The number of aryl methyl sites for hydroxylation is 2. The fourth-order valence-electron chi connectivity index (χ4n) is 2.10. The van der Waals surface area contributed by atoms with Crippen molar-refractivity contribution >= 4 is 57.3 Å². The van der Waals surface area contributed by atoms with Crippen LogP contribution < -0.4 is 5.43 Å². The molecule has 0 spiro atoms. The first-order valence-electron chi connectivity index (χ1n) is 6.93. The van der Waals surface area contributed by atoms with Gasteiger partial charge in [-0.2, -0.15) is 5.10 Å². The van der Waals surface area contributed by atoms with Crippen molar-refractivity contribution in [1.82, 2.24) is 5.43 Å². The Bertz CT molecular complexity index is 750. The maximum absolute atomic E-state index is 12.0. The Labute approximate surface area is 162 Å². The largest absolute Gasteiger partial charge is 0.506 e. The normalized spacial score (nSPS) is 11.0. The molecule has 2 aromatic rings. The quantitative estimate of drug-likeness (QED) is 0.355. The van der Waals surface area contributed by atoms with Gasteiger partial charge in [0.15, 0.2) is 0 Å². The molecule has 0 unspecified atom stereocenters. The Kier molecular flexibility index (Phi) is 6.40. The van der Waals surface area contributed by atoms with Gasteiger partial charge in [0.2, 0.25) is 5.91 Å². The van der Waals surface area contributed by atoms with Crippen molar-refractivity contribution < 1.29 is 9.90 Å². The van der Waals surface area contributed by atoms with E-state index < -0.39 is 0 Å². The zero-order valence-corrected chi connectivity index (χ0v) is 17.0. The Balaban J connectivity index is 1.99. The third-order valence-corrected chi connectivity index (χ3v) is 4.94. The highest BCUT2D eigenvalue weighted by molar-refractivity contribution is 14.1. The molecule has 0 aliphatic heterocycles. The van der Waals surface area contributed by atoms with E-state index >= 15 is 0 Å². The molecule has 2 aromatic carbocycles. The van der Waals surface area contributed by atoms with Crippen molar-refractivity contribution in [3.05, 3.63) is 59.7 Å². The first-order valence-corrected chi connectivity index (χ1v) is 9.08. The van der Waals surface area contributed by atoms with E-state index in [0.29, 0.717) is 6.42 Å². The summed E-state index contributed by atoms with van der Waals surface area (Å²) in [7, 11) is 0. The molecule has 0 radical (unpaired) electrons. The van der Waals surface area contributed by atoms with Gasteiger partial charge in [-0.05, 0) is 87.9 Å². The Morgan fingerprint density at radius 1 is 1.22 bits per heavy atom. The van der Waals surface area contributed by atoms with Crippen molar-refractivity contribution in [1.29, 1.82) is 0 Å². The lowest BCUT2D eigenvalue weighted by atomic mass is 10.0. The van der Waals surface area contributed by atoms with Crippen LogP contribution in [0.2, 0.25) is 0 Å². The van der Waals surface area contributed by atoms with E-state index in [1.165, 1.54) is 5.56 Å². The molecule has 23 heavy (non-hydrogen) atoms. The highest BCUT2D eigenvalue weighted by Crippen LogP contribution is 2.26. The molecule has 0 fully saturated rings. The number of aromatic hydroxyl groups is 1. The minimum absolute atomic E-state index is 0.156. The third-order valence-electron chi connectivity index (χ3n) is 3.29. The third kappa shape index (κ3) is 5.17. The van der Waals surface area contributed by atoms with Crippen LogP contribution in [0.25, 0.3) is 0 Å². The van der Waals surface area contributed by atoms with Gasteiger partial charge in [-0.3, -0.25) is 4.79 Å². The molecule has 4 nitrogen and oxygen atoms in total. The van der Waals surface area contributed by atoms with Crippen LogP contribution in [0.5, 0.6) is 5.75 Å². The number of hydrazone groups is 1. The summed E-state index contributed by atoms with van der Waals surface area (Å²) in [5.74, 6) is 0.110. The lowest BCUT2D eigenvalue weighted by Gasteiger charge is -2.06. The van der Waals surface area contributed by atoms with E-state index in [2.05, 4.69) is 61.8 Å². The molecule has 6 heteroatoms. The molecule has 0 saturated heterocycles. The number of amides is 1. The minimum atomic E-state index is -0.156. The van der Waals surface area contributed by atoms with Crippen molar-refractivity contribution in [3.63, 3.8) is 0 Å². The van der Waals surface area contributed by atoms with Gasteiger partial charge >= 0.3 is 0 Å². The number of hydrogen-bond donors (Lipinski definition) is 2. The topological polar surface area (TPSA) is 61.7 Å². The number of hydrogen-bond acceptors (Lipinski definition) is 3. The van der Waals surface area contributed by atoms with Crippen LogP contribution in [-0.4, -0.2) is 17.2 Å². The van der Waals surface area contributed by atoms with Crippen molar-refractivity contribution in [2.75, 3.05) is 0 Å². The van der Waals surface area contributed by atoms with Gasteiger partial charge in [0.1, 0.15) is 5.75 Å². The second kappa shape index (κ2) is 8.09. The van der Waals surface area contributed by atoms with Gasteiger partial charge in [0.25, 0.3) is 0 Å². The number of carbonyl (C=O) groups is 1. The lowest BCUT2D eigenvalue weighted by Crippen LogP contribution is -2.20. The number of nitrogens with zero attached hydrogens (tertiary/aromatic N) is 1. The van der Waals surface area contributed by atoms with Gasteiger partial charge < -0.3 is 5.11 Å². The average molecular weight is 534 g/mol. The summed E-state index contributed by atoms with van der Waals surface area (Å²) in [4.78, 5) is 12.0. The fourth-order valence-corrected chi connectivity index (χ4v) is 3.91. The number of carbonyl (C=O) groups excluding carboxylic acids is 1. The second-order valence-electron chi connectivity index (χ2n) is 5.23. The molecule has 0 bridgehead atoms. The van der Waals surface area contributed by atoms with Gasteiger partial charge in [0.05, 0.1) is 19.8 Å². The van der Waals surface area contributed by atoms with E-state index in [-0.39, 0.29) is 11.7 Å². The van der Waals surface area contributed by atoms with Gasteiger partial charge in [0, 0.05) is 0 Å². The molecule has 0 heterocycles. The molecule has 0 saturated carbocycles. The highest BCUT2D eigenvalue weighted by atomic mass is 127. The predicted molar refractivity (Wildman–Crippen MR) is 109 cm³/mol. The number of rotatable bonds is 4. The molecule has 0 aliphatic carbocycles. The van der Waals surface area contributed by atoms with Crippen LogP contribution in [0.4, 0.5) is 0 Å². The smallest absolute Gasteiger partial charge is 0.244 e. The second-order valence-corrected chi connectivity index (χ2v) is 7.56. The Hall–Kier alpha value is -1.16. The Morgan fingerprint density at radius 2 is 1.87 bits per heavy atom. The zero-order chi connectivity index (χ0) is 17.0. The number of phenolic OH excluding ortho intramolecular Hbond substituents is 1. The van der Waals surface area contributed by atoms with Gasteiger partial charge in [-0.1, -0.05) is 23.8 Å². The summed E-state index contributed by atoms with van der Waals surface area (Å²) in [6, 6.07) is 9.64. The van der Waals surface area contributed by atoms with Crippen LogP contribution >= 0.6 is 45.2 Å². The first-order chi connectivity index (χ1) is 10.9. The molecular weight excluding hydrogens is 518 g/mol. The maximum atomic E-state index is 12.0. The number of benzene rings is 2. The molecule has 1 amide bonds. The Morgan fingerprint density at radius 3 is 2.48 bits per heavy atom. The highest BCUT2D eigenvalue weighted by Gasteiger charge is 2.06. The molecule has 2 N–H and O–H groups in total. The number of nitrogens with one attached hydrogen (secondary N) is 1. The predicted octanol–water partition coefficient (Wildman–Crippen LogP) is 3.91. The monoisotopic (exact) mass is 534 g/mol. The summed E-state index contributed by atoms with van der Waals surface area (Å²) in [6.45, 7) is 4.03. The van der Waals surface area contributed by atoms with Crippen molar-refractivity contribution in [2.45, 2.75) is 20.3 Å². The average Bonchev–Trinajstić information content (AvgIpc) is 2.47. The van der Waals surface area contributed by atoms with E-state index in [1.807, 2.05) is 26.0 Å². The standard InChI is InChI=1S/C17H16I2N2O2/c1-10-3-4-13(11(2)5-10)8-16(22)21-20-9-12-6-14(18)17(23)15(19)7-12/h3-7,9,23H,8H2,1-2H3,(H,21,22)/b20-9+. The van der Waals surface area contributed by atoms with Crippen molar-refractivity contribution in [2.24, 2.45) is 5.10 Å². The fraction of sp³-hybridized carbons (Fsp3) is 0.176. The zero-order valence-electron chi connectivity index (χ0n) is 12.7. The lowest BCUT2D eigenvalue weighted by molar-refractivity contribution is -0.120. The summed E-state index contributed by atoms with van der Waals surface area (Å²) in [5, 5.41) is 13.7. The molecule has 0 aromatic heterocycles. The van der Waals surface area contributed by atoms with E-state index in [1.54, 1.807) is 18.3 Å². The summed E-state index contributed by atoms with van der Waals surface area (Å²) >= 11 is 4.12. The van der Waals surface area contributed by atoms with E-state index in [4.69, 9.17) is 0 Å². The molecule has 120 valence electrons. The minimum Gasteiger partial charge on any atom is -0.506 e. The van der Waals surface area contributed by atoms with Gasteiger partial charge in [-0.15, -0.1) is 0 Å². The molecule has 2 rings (SSSR count). The van der Waals surface area contributed by atoms with E-state index in [0.717, 1.165) is 23.8 Å². The van der Waals surface area contributed by atoms with Crippen LogP contribution in [0, 0.1) is 21.0 Å². The maximum Gasteiger partial charge on any atom is 0.244 e. The first kappa shape index (κ1) is 18.2. The molecular formula is C17H16I2N2O2. The van der Waals surface area contributed by atoms with Crippen LogP contribution in [0.3, 0.4) is 0 Å². The number of phenols is 1. The summed E-state index contributed by atoms with van der Waals surface area (Å²) in [6.07, 6.45) is 1.87. The SMILES string of the molecule is Cc1ccc(CC(=O)N/N=C/c2cc(I)c(O)c(I)c2)c(C)c1. The van der Waals surface area contributed by atoms with Crippen LogP contribution in [-0.2, 0) is 11.2 Å². The van der Waals surface area contributed by atoms with Crippen LogP contribution in [0.1, 0.15) is 22.3 Å².